The van der Waals surface area contributed by atoms with Crippen molar-refractivity contribution in [2.75, 3.05) is 4.72 Å². The Balaban J connectivity index is 2.43. The summed E-state index contributed by atoms with van der Waals surface area (Å²) < 4.78 is 52.2. The molecule has 2 aromatic rings. The maximum atomic E-state index is 13.4. The highest BCUT2D eigenvalue weighted by molar-refractivity contribution is 7.92. The summed E-state index contributed by atoms with van der Waals surface area (Å²) >= 11 is 5.72. The number of pyridine rings is 1. The molecule has 0 bridgehead atoms. The van der Waals surface area contributed by atoms with Gasteiger partial charge in [0.1, 0.15) is 5.82 Å². The lowest BCUT2D eigenvalue weighted by Gasteiger charge is -2.09. The molecule has 8 heteroatoms. The van der Waals surface area contributed by atoms with Crippen LogP contribution in [0.5, 0.6) is 0 Å². The van der Waals surface area contributed by atoms with E-state index in [0.717, 1.165) is 24.4 Å². The molecule has 0 saturated carbocycles. The predicted molar refractivity (Wildman–Crippen MR) is 66.4 cm³/mol. The molecule has 0 aliphatic rings. The number of benzene rings is 1. The lowest BCUT2D eigenvalue weighted by atomic mass is 10.3. The lowest BCUT2D eigenvalue weighted by molar-refractivity contribution is 0.557. The van der Waals surface area contributed by atoms with Gasteiger partial charge in [-0.2, -0.15) is 8.42 Å². The molecule has 0 aliphatic carbocycles. The van der Waals surface area contributed by atoms with Gasteiger partial charge in [0.05, 0.1) is 10.7 Å². The molecular formula is C11H7ClF2N2O2S. The fourth-order valence-corrected chi connectivity index (χ4v) is 2.64. The minimum absolute atomic E-state index is 0.0127. The highest BCUT2D eigenvalue weighted by Crippen LogP contribution is 2.25. The second-order valence-electron chi connectivity index (χ2n) is 3.52. The second-order valence-corrected chi connectivity index (χ2v) is 5.52. The van der Waals surface area contributed by atoms with Crippen LogP contribution in [0.4, 0.5) is 14.5 Å². The zero-order valence-electron chi connectivity index (χ0n) is 9.27. The van der Waals surface area contributed by atoms with Crippen molar-refractivity contribution >= 4 is 27.3 Å². The molecule has 100 valence electrons. The third kappa shape index (κ3) is 2.99. The van der Waals surface area contributed by atoms with Gasteiger partial charge >= 0.3 is 0 Å². The topological polar surface area (TPSA) is 59.1 Å². The average molecular weight is 305 g/mol. The molecular weight excluding hydrogens is 298 g/mol. The van der Waals surface area contributed by atoms with Crippen molar-refractivity contribution in [2.45, 2.75) is 5.03 Å². The number of sulfonamides is 1. The Bertz CT molecular complexity index is 722. The van der Waals surface area contributed by atoms with Gasteiger partial charge in [-0.15, -0.1) is 0 Å². The normalized spacial score (nSPS) is 11.3. The molecule has 0 amide bonds. The van der Waals surface area contributed by atoms with E-state index in [-0.39, 0.29) is 10.7 Å². The second kappa shape index (κ2) is 5.10. The van der Waals surface area contributed by atoms with Gasteiger partial charge in [0, 0.05) is 6.20 Å². The maximum Gasteiger partial charge on any atom is 0.282 e. The van der Waals surface area contributed by atoms with E-state index in [2.05, 4.69) is 4.98 Å². The molecule has 0 radical (unpaired) electrons. The van der Waals surface area contributed by atoms with E-state index in [4.69, 9.17) is 11.6 Å². The predicted octanol–water partition coefficient (Wildman–Crippen LogP) is 2.81. The number of halogens is 3. The third-order valence-electron chi connectivity index (χ3n) is 2.15. The van der Waals surface area contributed by atoms with E-state index < -0.39 is 26.7 Å². The Labute approximate surface area is 113 Å². The first kappa shape index (κ1) is 13.7. The van der Waals surface area contributed by atoms with Gasteiger partial charge < -0.3 is 0 Å². The molecule has 1 N–H and O–H groups in total. The molecule has 1 aromatic carbocycles. The first-order valence-electron chi connectivity index (χ1n) is 4.98. The van der Waals surface area contributed by atoms with E-state index in [1.807, 2.05) is 4.72 Å². The third-order valence-corrected chi connectivity index (χ3v) is 3.78. The standard InChI is InChI=1S/C11H7ClF2N2O2S/c12-8-4-3-7(13)6-10(8)16-19(17,18)11-9(14)2-1-5-15-11/h1-6,16H. The minimum Gasteiger partial charge on any atom is -0.277 e. The number of nitrogens with zero attached hydrogens (tertiary/aromatic N) is 1. The summed E-state index contributed by atoms with van der Waals surface area (Å²) in [4.78, 5) is 3.44. The smallest absolute Gasteiger partial charge is 0.277 e. The molecule has 1 heterocycles. The summed E-state index contributed by atoms with van der Waals surface area (Å²) in [5.74, 6) is -1.69. The molecule has 19 heavy (non-hydrogen) atoms. The summed E-state index contributed by atoms with van der Waals surface area (Å²) in [5, 5.41) is -0.795. The summed E-state index contributed by atoms with van der Waals surface area (Å²) in [7, 11) is -4.27. The summed E-state index contributed by atoms with van der Waals surface area (Å²) in [6.45, 7) is 0. The van der Waals surface area contributed by atoms with Crippen LogP contribution in [0.1, 0.15) is 0 Å². The first-order chi connectivity index (χ1) is 8.90. The van der Waals surface area contributed by atoms with Crippen molar-refractivity contribution in [2.24, 2.45) is 0 Å². The zero-order chi connectivity index (χ0) is 14.0. The summed E-state index contributed by atoms with van der Waals surface area (Å²) in [6, 6.07) is 5.35. The van der Waals surface area contributed by atoms with Gasteiger partial charge in [0.2, 0.25) is 5.03 Å². The summed E-state index contributed by atoms with van der Waals surface area (Å²) in [5.41, 5.74) is -0.188. The van der Waals surface area contributed by atoms with Crippen LogP contribution in [0.3, 0.4) is 0 Å². The molecule has 1 aromatic heterocycles. The average Bonchev–Trinajstić information content (AvgIpc) is 2.34. The van der Waals surface area contributed by atoms with Gasteiger partial charge in [-0.05, 0) is 30.3 Å². The van der Waals surface area contributed by atoms with Gasteiger partial charge in [0.25, 0.3) is 10.0 Å². The van der Waals surface area contributed by atoms with E-state index in [1.165, 1.54) is 12.1 Å². The molecule has 0 fully saturated rings. The quantitative estimate of drug-likeness (QED) is 0.948. The van der Waals surface area contributed by atoms with Gasteiger partial charge in [-0.1, -0.05) is 11.6 Å². The minimum atomic E-state index is -4.27. The van der Waals surface area contributed by atoms with Crippen molar-refractivity contribution in [1.29, 1.82) is 0 Å². The Hall–Kier alpha value is -1.73. The summed E-state index contributed by atoms with van der Waals surface area (Å²) in [6.07, 6.45) is 1.13. The number of hydrogen-bond donors (Lipinski definition) is 1. The largest absolute Gasteiger partial charge is 0.282 e. The molecule has 0 unspecified atom stereocenters. The van der Waals surface area contributed by atoms with Crippen LogP contribution in [0, 0.1) is 11.6 Å². The van der Waals surface area contributed by atoms with Crippen molar-refractivity contribution in [1.82, 2.24) is 4.98 Å². The zero-order valence-corrected chi connectivity index (χ0v) is 10.8. The van der Waals surface area contributed by atoms with E-state index >= 15 is 0 Å². The monoisotopic (exact) mass is 304 g/mol. The van der Waals surface area contributed by atoms with Crippen LogP contribution in [0.2, 0.25) is 5.02 Å². The fourth-order valence-electron chi connectivity index (χ4n) is 1.34. The van der Waals surface area contributed by atoms with Crippen LogP contribution in [-0.4, -0.2) is 13.4 Å². The Morgan fingerprint density at radius 2 is 1.95 bits per heavy atom. The molecule has 0 atom stereocenters. The number of aromatic nitrogens is 1. The number of anilines is 1. The van der Waals surface area contributed by atoms with Crippen molar-refractivity contribution in [3.63, 3.8) is 0 Å². The molecule has 2 rings (SSSR count). The molecule has 4 nitrogen and oxygen atoms in total. The van der Waals surface area contributed by atoms with Gasteiger partial charge in [-0.3, -0.25) is 4.72 Å². The molecule has 0 saturated heterocycles. The Kier molecular flexibility index (Phi) is 3.68. The first-order valence-corrected chi connectivity index (χ1v) is 6.84. The number of hydrogen-bond acceptors (Lipinski definition) is 3. The van der Waals surface area contributed by atoms with E-state index in [0.29, 0.717) is 0 Å². The van der Waals surface area contributed by atoms with E-state index in [9.17, 15) is 17.2 Å². The SMILES string of the molecule is O=S(=O)(Nc1cc(F)ccc1Cl)c1ncccc1F. The van der Waals surface area contributed by atoms with Crippen molar-refractivity contribution in [3.8, 4) is 0 Å². The number of rotatable bonds is 3. The fraction of sp³-hybridized carbons (Fsp3) is 0. The molecule has 0 spiro atoms. The van der Waals surface area contributed by atoms with Crippen LogP contribution < -0.4 is 4.72 Å². The van der Waals surface area contributed by atoms with Crippen LogP contribution >= 0.6 is 11.6 Å². The van der Waals surface area contributed by atoms with Crippen LogP contribution in [0.15, 0.2) is 41.6 Å². The maximum absolute atomic E-state index is 13.4. The Morgan fingerprint density at radius 1 is 1.21 bits per heavy atom. The Morgan fingerprint density at radius 3 is 2.63 bits per heavy atom. The van der Waals surface area contributed by atoms with E-state index in [1.54, 1.807) is 0 Å². The van der Waals surface area contributed by atoms with Crippen molar-refractivity contribution < 1.29 is 17.2 Å². The van der Waals surface area contributed by atoms with Crippen LogP contribution in [-0.2, 0) is 10.0 Å². The van der Waals surface area contributed by atoms with Crippen LogP contribution in [0.25, 0.3) is 0 Å². The van der Waals surface area contributed by atoms with Crippen molar-refractivity contribution in [3.05, 3.63) is 53.2 Å². The van der Waals surface area contributed by atoms with Gasteiger partial charge in [-0.25, -0.2) is 13.8 Å². The number of nitrogens with one attached hydrogen (secondary N) is 1. The molecule has 0 aliphatic heterocycles. The highest BCUT2D eigenvalue weighted by atomic mass is 35.5. The highest BCUT2D eigenvalue weighted by Gasteiger charge is 2.21. The van der Waals surface area contributed by atoms with Gasteiger partial charge in [0.15, 0.2) is 5.82 Å². The lowest BCUT2D eigenvalue weighted by Crippen LogP contribution is -2.16.